The fourth-order valence-corrected chi connectivity index (χ4v) is 1.60. The summed E-state index contributed by atoms with van der Waals surface area (Å²) in [6, 6.07) is 0. The standard InChI is InChI=1S/C13H21BrN4O3/c1-12(2,3)21-11(19)18-13(4,5)7-20-10-9(15)16-6-8(14)17-10/h6H,7H2,1-5H3,(H2,15,16)(H,18,19). The van der Waals surface area contributed by atoms with Crippen molar-refractivity contribution >= 4 is 27.8 Å². The summed E-state index contributed by atoms with van der Waals surface area (Å²) in [4.78, 5) is 19.8. The molecule has 0 fully saturated rings. The summed E-state index contributed by atoms with van der Waals surface area (Å²) in [5.74, 6) is 0.398. The van der Waals surface area contributed by atoms with E-state index in [0.717, 1.165) is 0 Å². The molecule has 3 N–H and O–H groups in total. The fraction of sp³-hybridized carbons (Fsp3) is 0.615. The zero-order chi connectivity index (χ0) is 16.3. The summed E-state index contributed by atoms with van der Waals surface area (Å²) < 4.78 is 11.2. The lowest BCUT2D eigenvalue weighted by Gasteiger charge is -2.28. The van der Waals surface area contributed by atoms with Gasteiger partial charge in [0, 0.05) is 0 Å². The van der Waals surface area contributed by atoms with Crippen LogP contribution < -0.4 is 15.8 Å². The molecule has 0 unspecified atom stereocenters. The summed E-state index contributed by atoms with van der Waals surface area (Å²) in [7, 11) is 0. The van der Waals surface area contributed by atoms with E-state index in [1.165, 1.54) is 6.20 Å². The Morgan fingerprint density at radius 1 is 1.38 bits per heavy atom. The second-order valence-corrected chi connectivity index (χ2v) is 7.00. The number of nitrogens with zero attached hydrogens (tertiary/aromatic N) is 2. The zero-order valence-electron chi connectivity index (χ0n) is 12.9. The largest absolute Gasteiger partial charge is 0.473 e. The van der Waals surface area contributed by atoms with E-state index < -0.39 is 17.2 Å². The van der Waals surface area contributed by atoms with Crippen molar-refractivity contribution in [2.24, 2.45) is 0 Å². The summed E-state index contributed by atoms with van der Waals surface area (Å²) >= 11 is 3.19. The van der Waals surface area contributed by atoms with Crippen LogP contribution in [-0.2, 0) is 4.74 Å². The Balaban J connectivity index is 2.60. The van der Waals surface area contributed by atoms with Gasteiger partial charge in [0.05, 0.1) is 11.7 Å². The number of nitrogens with two attached hydrogens (primary N) is 1. The molecule has 0 saturated heterocycles. The van der Waals surface area contributed by atoms with Crippen LogP contribution in [-0.4, -0.2) is 33.8 Å². The van der Waals surface area contributed by atoms with Gasteiger partial charge in [-0.1, -0.05) is 0 Å². The molecule has 0 saturated carbocycles. The number of rotatable bonds is 4. The minimum absolute atomic E-state index is 0.168. The number of ether oxygens (including phenoxy) is 2. The lowest BCUT2D eigenvalue weighted by Crippen LogP contribution is -2.49. The van der Waals surface area contributed by atoms with Crippen molar-refractivity contribution in [3.05, 3.63) is 10.8 Å². The van der Waals surface area contributed by atoms with Gasteiger partial charge in [-0.3, -0.25) is 0 Å². The predicted octanol–water partition coefficient (Wildman–Crippen LogP) is 2.50. The highest BCUT2D eigenvalue weighted by Crippen LogP contribution is 2.19. The number of hydrogen-bond donors (Lipinski definition) is 2. The predicted molar refractivity (Wildman–Crippen MR) is 83.1 cm³/mol. The van der Waals surface area contributed by atoms with Crippen molar-refractivity contribution in [1.82, 2.24) is 15.3 Å². The normalized spacial score (nSPS) is 11.9. The molecular formula is C13H21BrN4O3. The molecule has 0 atom stereocenters. The fourth-order valence-electron chi connectivity index (χ4n) is 1.33. The Bertz CT molecular complexity index is 515. The number of amides is 1. The molecule has 0 aliphatic carbocycles. The molecule has 0 aromatic carbocycles. The Hall–Kier alpha value is -1.57. The molecule has 0 radical (unpaired) electrons. The molecule has 0 aliphatic rings. The van der Waals surface area contributed by atoms with Crippen LogP contribution >= 0.6 is 15.9 Å². The van der Waals surface area contributed by atoms with E-state index in [1.54, 1.807) is 34.6 Å². The molecule has 0 aliphatic heterocycles. The molecule has 1 rings (SSSR count). The minimum Gasteiger partial charge on any atom is -0.473 e. The minimum atomic E-state index is -0.654. The number of carbonyl (C=O) groups excluding carboxylic acids is 1. The van der Waals surface area contributed by atoms with Crippen molar-refractivity contribution < 1.29 is 14.3 Å². The molecule has 1 aromatic heterocycles. The van der Waals surface area contributed by atoms with Crippen molar-refractivity contribution in [3.63, 3.8) is 0 Å². The lowest BCUT2D eigenvalue weighted by molar-refractivity contribution is 0.0440. The Morgan fingerprint density at radius 2 is 2.00 bits per heavy atom. The number of aromatic nitrogens is 2. The molecule has 0 bridgehead atoms. The van der Waals surface area contributed by atoms with E-state index in [1.807, 2.05) is 0 Å². The smallest absolute Gasteiger partial charge is 0.408 e. The van der Waals surface area contributed by atoms with E-state index >= 15 is 0 Å². The van der Waals surface area contributed by atoms with Crippen LogP contribution in [0.1, 0.15) is 34.6 Å². The van der Waals surface area contributed by atoms with Gasteiger partial charge in [0.25, 0.3) is 5.88 Å². The Kier molecular flexibility index (Phi) is 5.38. The topological polar surface area (TPSA) is 99.4 Å². The zero-order valence-corrected chi connectivity index (χ0v) is 14.4. The summed E-state index contributed by atoms with van der Waals surface area (Å²) in [6.07, 6.45) is 0.969. The van der Waals surface area contributed by atoms with Gasteiger partial charge in [-0.2, -0.15) is 0 Å². The van der Waals surface area contributed by atoms with E-state index in [0.29, 0.717) is 4.60 Å². The van der Waals surface area contributed by atoms with Crippen LogP contribution in [0.3, 0.4) is 0 Å². The Labute approximate surface area is 132 Å². The number of anilines is 1. The van der Waals surface area contributed by atoms with Gasteiger partial charge < -0.3 is 20.5 Å². The second-order valence-electron chi connectivity index (χ2n) is 6.18. The number of hydrogen-bond acceptors (Lipinski definition) is 6. The first-order valence-corrected chi connectivity index (χ1v) is 7.20. The van der Waals surface area contributed by atoms with Crippen molar-refractivity contribution in [1.29, 1.82) is 0 Å². The average Bonchev–Trinajstić information content (AvgIpc) is 2.27. The van der Waals surface area contributed by atoms with Gasteiger partial charge in [0.2, 0.25) is 0 Å². The van der Waals surface area contributed by atoms with Crippen molar-refractivity contribution in [3.8, 4) is 5.88 Å². The number of nitrogen functional groups attached to an aromatic ring is 1. The maximum Gasteiger partial charge on any atom is 0.408 e. The second kappa shape index (κ2) is 6.46. The highest BCUT2D eigenvalue weighted by atomic mass is 79.9. The molecule has 1 heterocycles. The van der Waals surface area contributed by atoms with E-state index in [9.17, 15) is 4.79 Å². The SMILES string of the molecule is CC(C)(COc1nc(Br)cnc1N)NC(=O)OC(C)(C)C. The molecule has 1 aromatic rings. The Morgan fingerprint density at radius 3 is 2.57 bits per heavy atom. The summed E-state index contributed by atoms with van der Waals surface area (Å²) in [5, 5.41) is 2.73. The third-order valence-corrected chi connectivity index (χ3v) is 2.53. The molecule has 8 heteroatoms. The van der Waals surface area contributed by atoms with Crippen molar-refractivity contribution in [2.45, 2.75) is 45.8 Å². The monoisotopic (exact) mass is 360 g/mol. The first-order valence-electron chi connectivity index (χ1n) is 6.40. The average molecular weight is 361 g/mol. The highest BCUT2D eigenvalue weighted by molar-refractivity contribution is 9.10. The number of halogens is 1. The van der Waals surface area contributed by atoms with Crippen LogP contribution in [0.5, 0.6) is 5.88 Å². The van der Waals surface area contributed by atoms with Gasteiger partial charge in [-0.15, -0.1) is 0 Å². The van der Waals surface area contributed by atoms with E-state index in [2.05, 4.69) is 31.2 Å². The lowest BCUT2D eigenvalue weighted by atomic mass is 10.1. The molecule has 7 nitrogen and oxygen atoms in total. The number of nitrogens with one attached hydrogen (secondary N) is 1. The van der Waals surface area contributed by atoms with Gasteiger partial charge >= 0.3 is 6.09 Å². The van der Waals surface area contributed by atoms with Crippen molar-refractivity contribution in [2.75, 3.05) is 12.3 Å². The third-order valence-electron chi connectivity index (χ3n) is 2.15. The molecule has 118 valence electrons. The van der Waals surface area contributed by atoms with Crippen LogP contribution in [0.2, 0.25) is 0 Å². The van der Waals surface area contributed by atoms with Crippen LogP contribution in [0, 0.1) is 0 Å². The van der Waals surface area contributed by atoms with Crippen LogP contribution in [0.25, 0.3) is 0 Å². The van der Waals surface area contributed by atoms with Crippen LogP contribution in [0.15, 0.2) is 10.8 Å². The molecule has 1 amide bonds. The van der Waals surface area contributed by atoms with Gasteiger partial charge in [-0.05, 0) is 50.5 Å². The highest BCUT2D eigenvalue weighted by Gasteiger charge is 2.25. The maximum atomic E-state index is 11.8. The number of carbonyl (C=O) groups is 1. The van der Waals surface area contributed by atoms with E-state index in [-0.39, 0.29) is 18.3 Å². The summed E-state index contributed by atoms with van der Waals surface area (Å²) in [5.41, 5.74) is 4.46. The summed E-state index contributed by atoms with van der Waals surface area (Å²) in [6.45, 7) is 9.17. The third kappa shape index (κ3) is 6.61. The number of alkyl carbamates (subject to hydrolysis) is 1. The molecule has 0 spiro atoms. The van der Waals surface area contributed by atoms with E-state index in [4.69, 9.17) is 15.2 Å². The van der Waals surface area contributed by atoms with Gasteiger partial charge in [0.15, 0.2) is 5.82 Å². The molecule has 21 heavy (non-hydrogen) atoms. The first-order chi connectivity index (χ1) is 9.48. The maximum absolute atomic E-state index is 11.8. The van der Waals surface area contributed by atoms with Gasteiger partial charge in [-0.25, -0.2) is 14.8 Å². The van der Waals surface area contributed by atoms with Crippen LogP contribution in [0.4, 0.5) is 10.6 Å². The first kappa shape index (κ1) is 17.5. The van der Waals surface area contributed by atoms with Gasteiger partial charge in [0.1, 0.15) is 16.8 Å². The molecular weight excluding hydrogens is 340 g/mol. The quantitative estimate of drug-likeness (QED) is 0.855.